The van der Waals surface area contributed by atoms with Crippen LogP contribution in [0, 0.1) is 0 Å². The molecule has 1 amide bonds. The molecule has 22 heavy (non-hydrogen) atoms. The third kappa shape index (κ3) is 5.14. The van der Waals surface area contributed by atoms with E-state index in [1.54, 1.807) is 20.8 Å². The molecule has 1 unspecified atom stereocenters. The van der Waals surface area contributed by atoms with Crippen LogP contribution in [0.5, 0.6) is 0 Å². The van der Waals surface area contributed by atoms with Crippen molar-refractivity contribution in [3.8, 4) is 0 Å². The maximum atomic E-state index is 12.5. The van der Waals surface area contributed by atoms with Crippen LogP contribution in [-0.4, -0.2) is 59.8 Å². The number of carbonyl (C=O) groups is 2. The van der Waals surface area contributed by atoms with E-state index in [2.05, 4.69) is 0 Å². The molecule has 0 bridgehead atoms. The van der Waals surface area contributed by atoms with Gasteiger partial charge in [0.1, 0.15) is 17.9 Å². The number of esters is 1. The maximum absolute atomic E-state index is 12.5. The Morgan fingerprint density at radius 2 is 1.95 bits per heavy atom. The fourth-order valence-electron chi connectivity index (χ4n) is 2.60. The molecule has 0 saturated carbocycles. The van der Waals surface area contributed by atoms with Gasteiger partial charge in [-0.1, -0.05) is 0 Å². The summed E-state index contributed by atoms with van der Waals surface area (Å²) in [6, 6.07) is -0.365. The number of amides is 1. The molecular weight excluding hydrogens is 290 g/mol. The van der Waals surface area contributed by atoms with Gasteiger partial charge in [0.2, 0.25) is 0 Å². The minimum Gasteiger partial charge on any atom is -0.460 e. The standard InChI is InChI=1S/C15H27NO6/c1-10(18)21-12-9-13(20-5)16(11(12)7-6-8-17)14(19)22-15(2,3)4/h11-13,17H,6-9H2,1-5H3/t11-,12+,13?/m1/s1. The van der Waals surface area contributed by atoms with Gasteiger partial charge in [-0.05, 0) is 33.6 Å². The second kappa shape index (κ2) is 7.78. The van der Waals surface area contributed by atoms with Crippen molar-refractivity contribution in [3.05, 3.63) is 0 Å². The molecule has 1 heterocycles. The lowest BCUT2D eigenvalue weighted by Gasteiger charge is -2.32. The number of methoxy groups -OCH3 is 1. The fraction of sp³-hybridized carbons (Fsp3) is 0.867. The Morgan fingerprint density at radius 3 is 2.41 bits per heavy atom. The van der Waals surface area contributed by atoms with E-state index in [0.29, 0.717) is 19.3 Å². The summed E-state index contributed by atoms with van der Waals surface area (Å²) in [5, 5.41) is 9.06. The third-order valence-electron chi connectivity index (χ3n) is 3.38. The van der Waals surface area contributed by atoms with Gasteiger partial charge in [0.25, 0.3) is 0 Å². The topological polar surface area (TPSA) is 85.3 Å². The summed E-state index contributed by atoms with van der Waals surface area (Å²) in [5.74, 6) is -0.403. The second-order valence-electron chi connectivity index (χ2n) is 6.39. The number of carbonyl (C=O) groups excluding carboxylic acids is 2. The third-order valence-corrected chi connectivity index (χ3v) is 3.38. The van der Waals surface area contributed by atoms with E-state index >= 15 is 0 Å². The Kier molecular flexibility index (Phi) is 6.62. The van der Waals surface area contributed by atoms with Crippen molar-refractivity contribution in [2.24, 2.45) is 0 Å². The van der Waals surface area contributed by atoms with Crippen molar-refractivity contribution in [3.63, 3.8) is 0 Å². The zero-order valence-electron chi connectivity index (χ0n) is 14.0. The molecular formula is C15H27NO6. The highest BCUT2D eigenvalue weighted by molar-refractivity contribution is 5.70. The number of nitrogens with zero attached hydrogens (tertiary/aromatic N) is 1. The Morgan fingerprint density at radius 1 is 1.32 bits per heavy atom. The number of likely N-dealkylation sites (tertiary alicyclic amines) is 1. The van der Waals surface area contributed by atoms with Crippen molar-refractivity contribution in [2.45, 2.75) is 70.9 Å². The second-order valence-corrected chi connectivity index (χ2v) is 6.39. The normalized spacial score (nSPS) is 25.2. The van der Waals surface area contributed by atoms with E-state index in [1.165, 1.54) is 18.9 Å². The molecule has 7 nitrogen and oxygen atoms in total. The minimum absolute atomic E-state index is 0.00307. The Labute approximate surface area is 131 Å². The number of ether oxygens (including phenoxy) is 3. The van der Waals surface area contributed by atoms with E-state index < -0.39 is 30.0 Å². The van der Waals surface area contributed by atoms with Crippen LogP contribution in [0.4, 0.5) is 4.79 Å². The molecule has 1 aliphatic heterocycles. The minimum atomic E-state index is -0.629. The van der Waals surface area contributed by atoms with Gasteiger partial charge in [0, 0.05) is 27.1 Å². The van der Waals surface area contributed by atoms with E-state index in [1.807, 2.05) is 0 Å². The highest BCUT2D eigenvalue weighted by Gasteiger charge is 2.47. The van der Waals surface area contributed by atoms with Crippen LogP contribution >= 0.6 is 0 Å². The van der Waals surface area contributed by atoms with Gasteiger partial charge >= 0.3 is 12.1 Å². The van der Waals surface area contributed by atoms with Gasteiger partial charge in [-0.25, -0.2) is 4.79 Å². The van der Waals surface area contributed by atoms with Gasteiger partial charge in [-0.15, -0.1) is 0 Å². The smallest absolute Gasteiger partial charge is 0.412 e. The van der Waals surface area contributed by atoms with Crippen molar-refractivity contribution < 1.29 is 28.9 Å². The lowest BCUT2D eigenvalue weighted by molar-refractivity contribution is -0.147. The monoisotopic (exact) mass is 317 g/mol. The lowest BCUT2D eigenvalue weighted by Crippen LogP contribution is -2.47. The summed E-state index contributed by atoms with van der Waals surface area (Å²) in [4.78, 5) is 25.2. The first-order valence-corrected chi connectivity index (χ1v) is 7.51. The number of aliphatic hydroxyl groups is 1. The molecule has 1 fully saturated rings. The van der Waals surface area contributed by atoms with Crippen LogP contribution in [0.15, 0.2) is 0 Å². The summed E-state index contributed by atoms with van der Waals surface area (Å²) in [6.45, 7) is 6.70. The molecule has 0 aromatic carbocycles. The van der Waals surface area contributed by atoms with Crippen molar-refractivity contribution >= 4 is 12.1 Å². The first kappa shape index (κ1) is 18.7. The Balaban J connectivity index is 2.95. The van der Waals surface area contributed by atoms with E-state index in [9.17, 15) is 9.59 Å². The zero-order valence-corrected chi connectivity index (χ0v) is 14.0. The Bertz CT molecular complexity index is 392. The van der Waals surface area contributed by atoms with Gasteiger partial charge in [0.15, 0.2) is 0 Å². The molecule has 0 radical (unpaired) electrons. The molecule has 0 aliphatic carbocycles. The molecule has 0 aromatic heterocycles. The van der Waals surface area contributed by atoms with Crippen molar-refractivity contribution in [1.82, 2.24) is 4.90 Å². The van der Waals surface area contributed by atoms with E-state index in [0.717, 1.165) is 0 Å². The van der Waals surface area contributed by atoms with Crippen LogP contribution in [0.3, 0.4) is 0 Å². The average molecular weight is 317 g/mol. The summed E-state index contributed by atoms with van der Waals surface area (Å²) in [6.07, 6.45) is -0.0710. The molecule has 1 rings (SSSR count). The van der Waals surface area contributed by atoms with Crippen molar-refractivity contribution in [1.29, 1.82) is 0 Å². The van der Waals surface area contributed by atoms with Crippen molar-refractivity contribution in [2.75, 3.05) is 13.7 Å². The summed E-state index contributed by atoms with van der Waals surface area (Å²) >= 11 is 0. The zero-order chi connectivity index (χ0) is 16.9. The molecule has 1 N–H and O–H groups in total. The summed E-state index contributed by atoms with van der Waals surface area (Å²) in [7, 11) is 1.50. The van der Waals surface area contributed by atoms with Crippen LogP contribution in [0.1, 0.15) is 47.0 Å². The van der Waals surface area contributed by atoms with Crippen LogP contribution in [-0.2, 0) is 19.0 Å². The lowest BCUT2D eigenvalue weighted by atomic mass is 10.1. The predicted octanol–water partition coefficient (Wildman–Crippen LogP) is 1.67. The SMILES string of the molecule is COC1C[C@H](OC(C)=O)[C@@H](CCCO)N1C(=O)OC(C)(C)C. The van der Waals surface area contributed by atoms with Gasteiger partial charge in [0.05, 0.1) is 6.04 Å². The molecule has 1 aliphatic rings. The molecule has 128 valence electrons. The molecule has 0 spiro atoms. The summed E-state index contributed by atoms with van der Waals surface area (Å²) in [5.41, 5.74) is -0.629. The van der Waals surface area contributed by atoms with Crippen LogP contribution in [0.2, 0.25) is 0 Å². The number of aliphatic hydroxyl groups excluding tert-OH is 1. The fourth-order valence-corrected chi connectivity index (χ4v) is 2.60. The van der Waals surface area contributed by atoms with Gasteiger partial charge in [-0.3, -0.25) is 9.69 Å². The number of hydrogen-bond donors (Lipinski definition) is 1. The van der Waals surface area contributed by atoms with Gasteiger partial charge in [-0.2, -0.15) is 0 Å². The highest BCUT2D eigenvalue weighted by Crippen LogP contribution is 2.32. The number of rotatable bonds is 5. The molecule has 0 aromatic rings. The highest BCUT2D eigenvalue weighted by atomic mass is 16.6. The van der Waals surface area contributed by atoms with E-state index in [4.69, 9.17) is 19.3 Å². The number of hydrogen-bond acceptors (Lipinski definition) is 6. The first-order valence-electron chi connectivity index (χ1n) is 7.51. The predicted molar refractivity (Wildman–Crippen MR) is 79.1 cm³/mol. The average Bonchev–Trinajstić information content (AvgIpc) is 2.71. The van der Waals surface area contributed by atoms with Crippen LogP contribution in [0.25, 0.3) is 0 Å². The van der Waals surface area contributed by atoms with Gasteiger partial charge < -0.3 is 19.3 Å². The first-order chi connectivity index (χ1) is 10.2. The van der Waals surface area contributed by atoms with Crippen LogP contribution < -0.4 is 0 Å². The van der Waals surface area contributed by atoms with E-state index in [-0.39, 0.29) is 12.6 Å². The maximum Gasteiger partial charge on any atom is 0.412 e. The Hall–Kier alpha value is -1.34. The molecule has 1 saturated heterocycles. The largest absolute Gasteiger partial charge is 0.460 e. The quantitative estimate of drug-likeness (QED) is 0.776. The summed E-state index contributed by atoms with van der Waals surface area (Å²) < 4.78 is 16.1. The molecule has 3 atom stereocenters. The molecule has 7 heteroatoms.